The largest absolute Gasteiger partial charge is 0.481 e. The smallest absolute Gasteiger partial charge is 0.308 e. The molecule has 0 fully saturated rings. The molecule has 0 aliphatic rings. The van der Waals surface area contributed by atoms with Gasteiger partial charge in [-0.2, -0.15) is 0 Å². The van der Waals surface area contributed by atoms with Crippen molar-refractivity contribution in [2.24, 2.45) is 5.92 Å². The molecule has 0 bridgehead atoms. The van der Waals surface area contributed by atoms with Crippen molar-refractivity contribution in [2.75, 3.05) is 5.75 Å². The topological polar surface area (TPSA) is 66.4 Å². The monoisotopic (exact) mass is 317 g/mol. The number of carboxylic acids is 1. The Bertz CT molecular complexity index is 686. The van der Waals surface area contributed by atoms with Gasteiger partial charge in [-0.3, -0.25) is 9.59 Å². The van der Waals surface area contributed by atoms with Crippen LogP contribution in [0.4, 0.5) is 0 Å². The quantitative estimate of drug-likeness (QED) is 0.803. The lowest BCUT2D eigenvalue weighted by Gasteiger charge is -2.17. The van der Waals surface area contributed by atoms with Gasteiger partial charge < -0.3 is 10.4 Å². The summed E-state index contributed by atoms with van der Waals surface area (Å²) in [6.07, 6.45) is 0. The van der Waals surface area contributed by atoms with E-state index in [0.717, 1.165) is 10.3 Å². The summed E-state index contributed by atoms with van der Waals surface area (Å²) in [4.78, 5) is 23.8. The molecule has 116 valence electrons. The molecule has 2 aromatic carbocycles. The lowest BCUT2D eigenvalue weighted by molar-refractivity contribution is -0.142. The maximum atomic E-state index is 11.9. The standard InChI is InChI=1S/C17H19NO3S/c1-11(17(20)21)12(2)18-16(19)10-22-15-8-7-13-5-3-4-6-14(13)9-15/h3-9,11-12H,10H2,1-2H3,(H,18,19)(H,20,21). The van der Waals surface area contributed by atoms with Crippen molar-refractivity contribution in [3.8, 4) is 0 Å². The van der Waals surface area contributed by atoms with Gasteiger partial charge in [0.2, 0.25) is 5.91 Å². The first kappa shape index (κ1) is 16.4. The third-order valence-electron chi connectivity index (χ3n) is 3.62. The predicted octanol–water partition coefficient (Wildman–Crippen LogP) is 3.16. The summed E-state index contributed by atoms with van der Waals surface area (Å²) < 4.78 is 0. The highest BCUT2D eigenvalue weighted by Crippen LogP contribution is 2.23. The summed E-state index contributed by atoms with van der Waals surface area (Å²) in [7, 11) is 0. The molecule has 5 heteroatoms. The van der Waals surface area contributed by atoms with E-state index in [2.05, 4.69) is 11.4 Å². The van der Waals surface area contributed by atoms with Gasteiger partial charge >= 0.3 is 5.97 Å². The van der Waals surface area contributed by atoms with Crippen LogP contribution in [0.15, 0.2) is 47.4 Å². The number of carbonyl (C=O) groups is 2. The second-order valence-corrected chi connectivity index (χ2v) is 6.33. The number of hydrogen-bond donors (Lipinski definition) is 2. The van der Waals surface area contributed by atoms with Crippen LogP contribution >= 0.6 is 11.8 Å². The lowest BCUT2D eigenvalue weighted by atomic mass is 10.0. The fourth-order valence-electron chi connectivity index (χ4n) is 2.04. The zero-order valence-electron chi connectivity index (χ0n) is 12.6. The summed E-state index contributed by atoms with van der Waals surface area (Å²) in [5, 5.41) is 14.0. The molecule has 0 radical (unpaired) electrons. The Morgan fingerprint density at radius 3 is 2.50 bits per heavy atom. The molecule has 4 nitrogen and oxygen atoms in total. The van der Waals surface area contributed by atoms with Crippen LogP contribution in [0.2, 0.25) is 0 Å². The molecule has 2 unspecified atom stereocenters. The number of rotatable bonds is 6. The average molecular weight is 317 g/mol. The Kier molecular flexibility index (Phi) is 5.44. The van der Waals surface area contributed by atoms with Crippen LogP contribution in [0.3, 0.4) is 0 Å². The van der Waals surface area contributed by atoms with E-state index in [1.54, 1.807) is 13.8 Å². The number of benzene rings is 2. The highest BCUT2D eigenvalue weighted by Gasteiger charge is 2.20. The maximum Gasteiger partial charge on any atom is 0.308 e. The molecule has 2 atom stereocenters. The highest BCUT2D eigenvalue weighted by molar-refractivity contribution is 8.00. The van der Waals surface area contributed by atoms with Crippen LogP contribution in [-0.4, -0.2) is 28.8 Å². The van der Waals surface area contributed by atoms with Gasteiger partial charge in [0.25, 0.3) is 0 Å². The Morgan fingerprint density at radius 2 is 1.82 bits per heavy atom. The van der Waals surface area contributed by atoms with E-state index < -0.39 is 11.9 Å². The molecule has 22 heavy (non-hydrogen) atoms. The molecule has 0 saturated carbocycles. The fraction of sp³-hybridized carbons (Fsp3) is 0.294. The number of carboxylic acid groups (broad SMARTS) is 1. The summed E-state index contributed by atoms with van der Waals surface area (Å²) in [5.74, 6) is -1.39. The van der Waals surface area contributed by atoms with Crippen LogP contribution in [0.5, 0.6) is 0 Å². The van der Waals surface area contributed by atoms with Crippen molar-refractivity contribution in [3.63, 3.8) is 0 Å². The predicted molar refractivity (Wildman–Crippen MR) is 89.1 cm³/mol. The van der Waals surface area contributed by atoms with Gasteiger partial charge in [0.15, 0.2) is 0 Å². The van der Waals surface area contributed by atoms with Gasteiger partial charge in [-0.1, -0.05) is 30.3 Å². The van der Waals surface area contributed by atoms with E-state index in [9.17, 15) is 9.59 Å². The molecule has 0 aromatic heterocycles. The van der Waals surface area contributed by atoms with Gasteiger partial charge in [0, 0.05) is 10.9 Å². The Morgan fingerprint density at radius 1 is 1.14 bits per heavy atom. The molecule has 1 amide bonds. The van der Waals surface area contributed by atoms with Gasteiger partial charge in [-0.15, -0.1) is 11.8 Å². The van der Waals surface area contributed by atoms with Gasteiger partial charge in [-0.25, -0.2) is 0 Å². The van der Waals surface area contributed by atoms with Crippen molar-refractivity contribution in [3.05, 3.63) is 42.5 Å². The van der Waals surface area contributed by atoms with Crippen molar-refractivity contribution in [1.29, 1.82) is 0 Å². The molecule has 2 N–H and O–H groups in total. The van der Waals surface area contributed by atoms with E-state index in [1.165, 1.54) is 17.1 Å². The number of amides is 1. The van der Waals surface area contributed by atoms with Crippen LogP contribution in [0.25, 0.3) is 10.8 Å². The minimum Gasteiger partial charge on any atom is -0.481 e. The number of carbonyl (C=O) groups excluding carboxylic acids is 1. The second-order valence-electron chi connectivity index (χ2n) is 5.28. The third kappa shape index (κ3) is 4.24. The van der Waals surface area contributed by atoms with E-state index in [4.69, 9.17) is 5.11 Å². The minimum atomic E-state index is -0.907. The van der Waals surface area contributed by atoms with E-state index in [0.29, 0.717) is 0 Å². The number of thioether (sulfide) groups is 1. The SMILES string of the molecule is CC(NC(=O)CSc1ccc2ccccc2c1)C(C)C(=O)O. The molecule has 0 heterocycles. The van der Waals surface area contributed by atoms with Crippen molar-refractivity contribution < 1.29 is 14.7 Å². The second kappa shape index (κ2) is 7.31. The lowest BCUT2D eigenvalue weighted by Crippen LogP contribution is -2.40. The molecule has 2 rings (SSSR count). The maximum absolute atomic E-state index is 11.9. The molecular formula is C17H19NO3S. The average Bonchev–Trinajstić information content (AvgIpc) is 2.51. The van der Waals surface area contributed by atoms with E-state index in [-0.39, 0.29) is 17.7 Å². The molecule has 2 aromatic rings. The number of hydrogen-bond acceptors (Lipinski definition) is 3. The zero-order valence-corrected chi connectivity index (χ0v) is 13.4. The first-order valence-corrected chi connectivity index (χ1v) is 8.09. The highest BCUT2D eigenvalue weighted by atomic mass is 32.2. The van der Waals surface area contributed by atoms with E-state index in [1.807, 2.05) is 36.4 Å². The summed E-state index contributed by atoms with van der Waals surface area (Å²) in [5.41, 5.74) is 0. The number of aliphatic carboxylic acids is 1. The Labute approximate surface area is 133 Å². The van der Waals surface area contributed by atoms with Gasteiger partial charge in [-0.05, 0) is 36.8 Å². The normalized spacial score (nSPS) is 13.5. The summed E-state index contributed by atoms with van der Waals surface area (Å²) >= 11 is 1.45. The summed E-state index contributed by atoms with van der Waals surface area (Å²) in [6, 6.07) is 13.8. The van der Waals surface area contributed by atoms with E-state index >= 15 is 0 Å². The Balaban J connectivity index is 1.91. The van der Waals surface area contributed by atoms with Crippen molar-refractivity contribution in [2.45, 2.75) is 24.8 Å². The first-order valence-electron chi connectivity index (χ1n) is 7.11. The Hall–Kier alpha value is -2.01. The van der Waals surface area contributed by atoms with Gasteiger partial charge in [0.1, 0.15) is 0 Å². The van der Waals surface area contributed by atoms with Crippen LogP contribution in [-0.2, 0) is 9.59 Å². The van der Waals surface area contributed by atoms with Crippen LogP contribution < -0.4 is 5.32 Å². The molecular weight excluding hydrogens is 298 g/mol. The van der Waals surface area contributed by atoms with Crippen LogP contribution in [0, 0.1) is 5.92 Å². The van der Waals surface area contributed by atoms with Crippen molar-refractivity contribution in [1.82, 2.24) is 5.32 Å². The molecule has 0 saturated heterocycles. The number of nitrogens with one attached hydrogen (secondary N) is 1. The summed E-state index contributed by atoms with van der Waals surface area (Å²) in [6.45, 7) is 3.29. The minimum absolute atomic E-state index is 0.154. The fourth-order valence-corrected chi connectivity index (χ4v) is 2.80. The van der Waals surface area contributed by atoms with Gasteiger partial charge in [0.05, 0.1) is 11.7 Å². The zero-order chi connectivity index (χ0) is 16.1. The van der Waals surface area contributed by atoms with Crippen LogP contribution in [0.1, 0.15) is 13.8 Å². The molecule has 0 spiro atoms. The first-order chi connectivity index (χ1) is 10.5. The molecule has 0 aliphatic carbocycles. The van der Waals surface area contributed by atoms with Crippen molar-refractivity contribution >= 4 is 34.4 Å². The molecule has 0 aliphatic heterocycles. The third-order valence-corrected chi connectivity index (χ3v) is 4.61. The number of fused-ring (bicyclic) bond motifs is 1.